The first-order chi connectivity index (χ1) is 11.6. The van der Waals surface area contributed by atoms with Crippen LogP contribution in [0.5, 0.6) is 5.75 Å². The zero-order valence-electron chi connectivity index (χ0n) is 14.9. The number of amides is 1. The van der Waals surface area contributed by atoms with Crippen molar-refractivity contribution < 1.29 is 9.53 Å². The molecule has 2 N–H and O–H groups in total. The number of piperidine rings is 1. The molecule has 2 unspecified atom stereocenters. The van der Waals surface area contributed by atoms with Crippen LogP contribution in [0, 0.1) is 13.8 Å². The molecule has 24 heavy (non-hydrogen) atoms. The second-order valence-corrected chi connectivity index (χ2v) is 7.45. The average Bonchev–Trinajstić information content (AvgIpc) is 2.89. The summed E-state index contributed by atoms with van der Waals surface area (Å²) in [5.74, 6) is 1.16. The largest absolute Gasteiger partial charge is 0.493 e. The van der Waals surface area contributed by atoms with E-state index < -0.39 is 0 Å². The van der Waals surface area contributed by atoms with Crippen LogP contribution in [0.3, 0.4) is 0 Å². The van der Waals surface area contributed by atoms with Crippen LogP contribution in [0.25, 0.3) is 0 Å². The molecule has 0 radical (unpaired) electrons. The summed E-state index contributed by atoms with van der Waals surface area (Å²) in [7, 11) is 0. The number of aryl methyl sites for hydroxylation is 2. The summed E-state index contributed by atoms with van der Waals surface area (Å²) in [4.78, 5) is 12.1. The number of ether oxygens (including phenoxy) is 1. The zero-order valence-corrected chi connectivity index (χ0v) is 14.9. The van der Waals surface area contributed by atoms with Crippen LogP contribution in [-0.2, 0) is 4.79 Å². The summed E-state index contributed by atoms with van der Waals surface area (Å²) in [6.45, 7) is 4.81. The first-order valence-electron chi connectivity index (χ1n) is 9.35. The second-order valence-electron chi connectivity index (χ2n) is 7.45. The van der Waals surface area contributed by atoms with Gasteiger partial charge in [-0.15, -0.1) is 0 Å². The van der Waals surface area contributed by atoms with Gasteiger partial charge in [0, 0.05) is 24.5 Å². The van der Waals surface area contributed by atoms with E-state index in [1.165, 1.54) is 24.0 Å². The number of nitrogens with one attached hydrogen (secondary N) is 2. The monoisotopic (exact) mass is 330 g/mol. The third-order valence-electron chi connectivity index (χ3n) is 5.24. The van der Waals surface area contributed by atoms with Crippen LogP contribution in [0.2, 0.25) is 0 Å². The first kappa shape index (κ1) is 17.3. The fourth-order valence-corrected chi connectivity index (χ4v) is 3.91. The van der Waals surface area contributed by atoms with Gasteiger partial charge in [-0.25, -0.2) is 0 Å². The van der Waals surface area contributed by atoms with E-state index in [-0.39, 0.29) is 5.91 Å². The summed E-state index contributed by atoms with van der Waals surface area (Å²) in [5, 5.41) is 6.83. The fraction of sp³-hybridized carbons (Fsp3) is 0.650. The number of unbranched alkanes of at least 4 members (excludes halogenated alkanes) is 1. The zero-order chi connectivity index (χ0) is 16.9. The molecule has 0 aliphatic carbocycles. The van der Waals surface area contributed by atoms with E-state index in [0.29, 0.717) is 31.2 Å². The minimum atomic E-state index is 0.202. The Hall–Kier alpha value is -1.55. The molecule has 2 saturated heterocycles. The Kier molecular flexibility index (Phi) is 5.77. The third-order valence-corrected chi connectivity index (χ3v) is 5.24. The van der Waals surface area contributed by atoms with Gasteiger partial charge in [-0.05, 0) is 69.6 Å². The Morgan fingerprint density at radius 2 is 1.96 bits per heavy atom. The lowest BCUT2D eigenvalue weighted by molar-refractivity contribution is -0.122. The minimum Gasteiger partial charge on any atom is -0.493 e. The third kappa shape index (κ3) is 4.73. The predicted octanol–water partition coefficient (Wildman–Crippen LogP) is 3.25. The standard InChI is InChI=1S/C20H30N2O2/c1-14-6-7-15(2)19(11-14)24-10-4-3-5-20(23)22-18-12-16-8-9-17(13-18)21-16/h6-7,11,16-18,21H,3-5,8-10,12-13H2,1-2H3,(H,22,23). The average molecular weight is 330 g/mol. The second kappa shape index (κ2) is 8.02. The number of hydrogen-bond donors (Lipinski definition) is 2. The normalized spacial score (nSPS) is 25.5. The maximum atomic E-state index is 12.1. The van der Waals surface area contributed by atoms with Crippen LogP contribution in [0.15, 0.2) is 18.2 Å². The van der Waals surface area contributed by atoms with E-state index in [1.807, 2.05) is 0 Å². The van der Waals surface area contributed by atoms with Crippen molar-refractivity contribution in [1.82, 2.24) is 10.6 Å². The molecular weight excluding hydrogens is 300 g/mol. The summed E-state index contributed by atoms with van der Waals surface area (Å²) < 4.78 is 5.85. The smallest absolute Gasteiger partial charge is 0.220 e. The molecule has 4 nitrogen and oxygen atoms in total. The SMILES string of the molecule is Cc1ccc(C)c(OCCCCC(=O)NC2CC3CCC(C2)N3)c1. The van der Waals surface area contributed by atoms with Crippen molar-refractivity contribution in [3.05, 3.63) is 29.3 Å². The van der Waals surface area contributed by atoms with Crippen molar-refractivity contribution in [2.75, 3.05) is 6.61 Å². The van der Waals surface area contributed by atoms with Gasteiger partial charge in [0.2, 0.25) is 5.91 Å². The van der Waals surface area contributed by atoms with E-state index in [2.05, 4.69) is 42.7 Å². The predicted molar refractivity (Wildman–Crippen MR) is 96.4 cm³/mol. The van der Waals surface area contributed by atoms with Gasteiger partial charge < -0.3 is 15.4 Å². The molecule has 1 aromatic rings. The van der Waals surface area contributed by atoms with Crippen molar-refractivity contribution in [3.8, 4) is 5.75 Å². The molecule has 1 amide bonds. The Morgan fingerprint density at radius 1 is 1.21 bits per heavy atom. The maximum Gasteiger partial charge on any atom is 0.220 e. The number of benzene rings is 1. The van der Waals surface area contributed by atoms with Crippen LogP contribution < -0.4 is 15.4 Å². The van der Waals surface area contributed by atoms with Gasteiger partial charge in [-0.1, -0.05) is 12.1 Å². The molecule has 2 atom stereocenters. The van der Waals surface area contributed by atoms with Gasteiger partial charge in [0.25, 0.3) is 0 Å². The van der Waals surface area contributed by atoms with Gasteiger partial charge in [-0.3, -0.25) is 4.79 Å². The molecule has 2 fully saturated rings. The minimum absolute atomic E-state index is 0.202. The highest BCUT2D eigenvalue weighted by Crippen LogP contribution is 2.26. The number of rotatable bonds is 7. The molecule has 4 heteroatoms. The van der Waals surface area contributed by atoms with Gasteiger partial charge >= 0.3 is 0 Å². The van der Waals surface area contributed by atoms with Gasteiger partial charge in [0.1, 0.15) is 5.75 Å². The summed E-state index contributed by atoms with van der Waals surface area (Å²) in [5.41, 5.74) is 2.38. The Morgan fingerprint density at radius 3 is 2.71 bits per heavy atom. The van der Waals surface area contributed by atoms with E-state index in [9.17, 15) is 4.79 Å². The molecule has 3 rings (SSSR count). The van der Waals surface area contributed by atoms with E-state index in [0.717, 1.165) is 31.4 Å². The molecule has 0 aromatic heterocycles. The van der Waals surface area contributed by atoms with E-state index >= 15 is 0 Å². The Bertz CT molecular complexity index is 561. The van der Waals surface area contributed by atoms with E-state index in [1.54, 1.807) is 0 Å². The maximum absolute atomic E-state index is 12.1. The Labute approximate surface area is 145 Å². The van der Waals surface area contributed by atoms with Crippen LogP contribution in [-0.4, -0.2) is 30.6 Å². The lowest BCUT2D eigenvalue weighted by Crippen LogP contribution is -2.47. The molecule has 1 aromatic carbocycles. The lowest BCUT2D eigenvalue weighted by Gasteiger charge is -2.29. The first-order valence-corrected chi connectivity index (χ1v) is 9.35. The topological polar surface area (TPSA) is 50.4 Å². The van der Waals surface area contributed by atoms with Crippen molar-refractivity contribution >= 4 is 5.91 Å². The van der Waals surface area contributed by atoms with Crippen molar-refractivity contribution in [3.63, 3.8) is 0 Å². The highest BCUT2D eigenvalue weighted by Gasteiger charge is 2.33. The molecule has 2 bridgehead atoms. The van der Waals surface area contributed by atoms with Gasteiger partial charge in [0.15, 0.2) is 0 Å². The van der Waals surface area contributed by atoms with Crippen LogP contribution in [0.4, 0.5) is 0 Å². The number of hydrogen-bond acceptors (Lipinski definition) is 3. The summed E-state index contributed by atoms with van der Waals surface area (Å²) >= 11 is 0. The van der Waals surface area contributed by atoms with Crippen LogP contribution in [0.1, 0.15) is 56.1 Å². The number of carbonyl (C=O) groups is 1. The molecule has 2 heterocycles. The van der Waals surface area contributed by atoms with E-state index in [4.69, 9.17) is 4.74 Å². The quantitative estimate of drug-likeness (QED) is 0.755. The molecule has 0 saturated carbocycles. The van der Waals surface area contributed by atoms with Gasteiger partial charge in [-0.2, -0.15) is 0 Å². The molecule has 2 aliphatic rings. The van der Waals surface area contributed by atoms with Crippen LogP contribution >= 0.6 is 0 Å². The number of fused-ring (bicyclic) bond motifs is 2. The van der Waals surface area contributed by atoms with Crippen molar-refractivity contribution in [2.45, 2.75) is 76.9 Å². The summed E-state index contributed by atoms with van der Waals surface area (Å²) in [6, 6.07) is 7.89. The molecule has 2 aliphatic heterocycles. The summed E-state index contributed by atoms with van der Waals surface area (Å²) in [6.07, 6.45) is 7.14. The highest BCUT2D eigenvalue weighted by molar-refractivity contribution is 5.76. The molecule has 132 valence electrons. The molecular formula is C20H30N2O2. The number of carbonyl (C=O) groups excluding carboxylic acids is 1. The van der Waals surface area contributed by atoms with Gasteiger partial charge in [0.05, 0.1) is 6.61 Å². The van der Waals surface area contributed by atoms with Crippen molar-refractivity contribution in [2.24, 2.45) is 0 Å². The lowest BCUT2D eigenvalue weighted by atomic mass is 9.99. The molecule has 0 spiro atoms. The highest BCUT2D eigenvalue weighted by atomic mass is 16.5. The Balaban J connectivity index is 1.30. The van der Waals surface area contributed by atoms with Crippen molar-refractivity contribution in [1.29, 1.82) is 0 Å². The fourth-order valence-electron chi connectivity index (χ4n) is 3.91.